The molecule has 2 aliphatic heterocycles. The summed E-state index contributed by atoms with van der Waals surface area (Å²) in [4.78, 5) is 42.2. The number of carbonyl (C=O) groups excluding carboxylic acids is 2. The summed E-state index contributed by atoms with van der Waals surface area (Å²) in [7, 11) is -0.871. The molecule has 1 N–H and O–H groups in total. The molecule has 2 aromatic carbocycles. The highest BCUT2D eigenvalue weighted by atomic mass is 32.2. The van der Waals surface area contributed by atoms with Gasteiger partial charge in [0.05, 0.1) is 40.2 Å². The Labute approximate surface area is 294 Å². The second-order valence-corrected chi connectivity index (χ2v) is 15.6. The van der Waals surface area contributed by atoms with E-state index in [1.54, 1.807) is 56.0 Å². The maximum atomic E-state index is 13.9. The van der Waals surface area contributed by atoms with E-state index in [1.807, 2.05) is 4.90 Å². The zero-order chi connectivity index (χ0) is 36.9. The summed E-state index contributed by atoms with van der Waals surface area (Å²) in [5, 5.41) is 0. The average molecular weight is 727 g/mol. The van der Waals surface area contributed by atoms with Crippen molar-refractivity contribution in [1.82, 2.24) is 29.1 Å². The van der Waals surface area contributed by atoms with E-state index in [1.165, 1.54) is 18.5 Å². The first-order valence-electron chi connectivity index (χ1n) is 16.8. The van der Waals surface area contributed by atoms with E-state index >= 15 is 0 Å². The zero-order valence-electron chi connectivity index (χ0n) is 29.2. The van der Waals surface area contributed by atoms with Crippen molar-refractivity contribution in [3.05, 3.63) is 82.4 Å². The van der Waals surface area contributed by atoms with Crippen LogP contribution in [0, 0.1) is 19.3 Å². The van der Waals surface area contributed by atoms with Crippen molar-refractivity contribution in [3.8, 4) is 5.75 Å². The number of benzene rings is 2. The van der Waals surface area contributed by atoms with E-state index < -0.39 is 27.8 Å². The van der Waals surface area contributed by atoms with Gasteiger partial charge in [-0.2, -0.15) is 17.5 Å². The predicted molar refractivity (Wildman–Crippen MR) is 184 cm³/mol. The molecule has 0 radical (unpaired) electrons. The molecular weight excluding hydrogens is 685 g/mol. The number of nitrogens with zero attached hydrogens (tertiary/aromatic N) is 5. The highest BCUT2D eigenvalue weighted by Gasteiger charge is 2.40. The van der Waals surface area contributed by atoms with Crippen molar-refractivity contribution in [2.24, 2.45) is 5.41 Å². The Morgan fingerprint density at radius 1 is 0.961 bits per heavy atom. The van der Waals surface area contributed by atoms with E-state index in [4.69, 9.17) is 4.74 Å². The number of pyridine rings is 1. The maximum absolute atomic E-state index is 13.9. The minimum absolute atomic E-state index is 0.0133. The van der Waals surface area contributed by atoms with Gasteiger partial charge in [0.25, 0.3) is 11.8 Å². The molecule has 0 aliphatic carbocycles. The molecule has 2 aliphatic rings. The number of alkyl halides is 3. The summed E-state index contributed by atoms with van der Waals surface area (Å²) in [6, 6.07) is 9.99. The summed E-state index contributed by atoms with van der Waals surface area (Å²) in [5.74, 6) is 0.449. The fourth-order valence-electron chi connectivity index (χ4n) is 7.27. The molecule has 2 fully saturated rings. The number of para-hydroxylation sites is 1. The number of H-pyrrole nitrogens is 1. The summed E-state index contributed by atoms with van der Waals surface area (Å²) in [5.41, 5.74) is 1.73. The van der Waals surface area contributed by atoms with Crippen LogP contribution in [0.3, 0.4) is 0 Å². The van der Waals surface area contributed by atoms with E-state index in [9.17, 15) is 31.2 Å². The van der Waals surface area contributed by atoms with Crippen molar-refractivity contribution >= 4 is 32.9 Å². The number of aryl methyl sites for hydroxylation is 2. The van der Waals surface area contributed by atoms with E-state index in [-0.39, 0.29) is 27.8 Å². The third-order valence-electron chi connectivity index (χ3n) is 10.5. The Balaban J connectivity index is 1.11. The zero-order valence-corrected chi connectivity index (χ0v) is 30.0. The van der Waals surface area contributed by atoms with Crippen LogP contribution in [0.2, 0.25) is 0 Å². The minimum Gasteiger partial charge on any atom is -0.497 e. The molecule has 1 spiro atoms. The largest absolute Gasteiger partial charge is 0.497 e. The number of fused-ring (bicyclic) bond motifs is 1. The minimum atomic E-state index is -4.52. The first-order valence-corrected chi connectivity index (χ1v) is 18.2. The third kappa shape index (κ3) is 6.93. The quantitative estimate of drug-likeness (QED) is 0.242. The molecule has 272 valence electrons. The Kier molecular flexibility index (Phi) is 9.65. The number of methoxy groups -OCH3 is 1. The summed E-state index contributed by atoms with van der Waals surface area (Å²) >= 11 is 0. The lowest BCUT2D eigenvalue weighted by Gasteiger charge is -2.46. The van der Waals surface area contributed by atoms with Gasteiger partial charge in [-0.1, -0.05) is 6.07 Å². The van der Waals surface area contributed by atoms with Crippen molar-refractivity contribution in [1.29, 1.82) is 0 Å². The molecule has 4 aromatic rings. The number of imidazole rings is 1. The topological polar surface area (TPSA) is 129 Å². The molecule has 15 heteroatoms. The molecule has 11 nitrogen and oxygen atoms in total. The monoisotopic (exact) mass is 726 g/mol. The molecule has 4 heterocycles. The molecule has 2 saturated heterocycles. The number of ether oxygens (including phenoxy) is 1. The molecule has 2 amide bonds. The van der Waals surface area contributed by atoms with Crippen LogP contribution in [-0.2, 0) is 16.2 Å². The first kappa shape index (κ1) is 36.3. The van der Waals surface area contributed by atoms with Crippen LogP contribution in [0.15, 0.2) is 53.6 Å². The van der Waals surface area contributed by atoms with Crippen LogP contribution >= 0.6 is 0 Å². The van der Waals surface area contributed by atoms with Gasteiger partial charge in [0, 0.05) is 39.4 Å². The van der Waals surface area contributed by atoms with Crippen molar-refractivity contribution in [2.45, 2.75) is 63.6 Å². The number of likely N-dealkylation sites (tertiary alicyclic amines) is 2. The Morgan fingerprint density at radius 3 is 2.08 bits per heavy atom. The van der Waals surface area contributed by atoms with Gasteiger partial charge in [-0.05, 0) is 99.4 Å². The molecule has 1 atom stereocenters. The van der Waals surface area contributed by atoms with Crippen molar-refractivity contribution in [3.63, 3.8) is 0 Å². The smallest absolute Gasteiger partial charge is 0.417 e. The maximum Gasteiger partial charge on any atom is 0.417 e. The standard InChI is InChI=1S/C36H41F3N6O5S/c1-22-19-26(50-5)20-23(2)31(22)51(48,49)43(4)24(3)32-41-28-8-6-7-27(30(28)42-32)33(46)44-15-11-35(12-16-44)13-17-45(18-14-35)34(47)29-10-9-25(21-40-29)36(37,38)39/h6-10,19-21,24H,11-18H2,1-5H3,(H,41,42). The normalized spacial score (nSPS) is 17.3. The molecule has 0 bridgehead atoms. The molecular formula is C36H41F3N6O5S. The number of nitrogens with one attached hydrogen (secondary N) is 1. The summed E-state index contributed by atoms with van der Waals surface area (Å²) < 4.78 is 72.9. The molecule has 0 saturated carbocycles. The van der Waals surface area contributed by atoms with Gasteiger partial charge in [-0.3, -0.25) is 14.6 Å². The Morgan fingerprint density at radius 2 is 1.55 bits per heavy atom. The van der Waals surface area contributed by atoms with Gasteiger partial charge in [-0.15, -0.1) is 0 Å². The summed E-state index contributed by atoms with van der Waals surface area (Å²) in [6.45, 7) is 7.20. The lowest BCUT2D eigenvalue weighted by Crippen LogP contribution is -2.49. The SMILES string of the molecule is COc1cc(C)c(S(=O)(=O)N(C)C(C)c2nc3cccc(C(=O)N4CCC5(CCN(C(=O)c6ccc(C(F)(F)F)cn6)CC5)CC4)c3[nH]2)c(C)c1. The second kappa shape index (κ2) is 13.6. The number of hydrogen-bond donors (Lipinski definition) is 1. The van der Waals surface area contributed by atoms with Crippen LogP contribution < -0.4 is 4.74 Å². The highest BCUT2D eigenvalue weighted by Crippen LogP contribution is 2.42. The van der Waals surface area contributed by atoms with Crippen LogP contribution in [0.25, 0.3) is 11.0 Å². The predicted octanol–water partition coefficient (Wildman–Crippen LogP) is 6.14. The number of piperidine rings is 2. The number of rotatable bonds is 7. The average Bonchev–Trinajstić information content (AvgIpc) is 3.55. The fourth-order valence-corrected chi connectivity index (χ4v) is 9.01. The van der Waals surface area contributed by atoms with E-state index in [0.29, 0.717) is 71.7 Å². The van der Waals surface area contributed by atoms with Gasteiger partial charge in [-0.25, -0.2) is 13.4 Å². The Hall–Kier alpha value is -4.50. The summed E-state index contributed by atoms with van der Waals surface area (Å²) in [6.07, 6.45) is -0.865. The Bertz CT molecular complexity index is 2040. The van der Waals surface area contributed by atoms with Crippen molar-refractivity contribution in [2.75, 3.05) is 40.3 Å². The van der Waals surface area contributed by atoms with Crippen LogP contribution in [-0.4, -0.2) is 89.6 Å². The number of hydrogen-bond acceptors (Lipinski definition) is 7. The van der Waals surface area contributed by atoms with Gasteiger partial charge >= 0.3 is 6.18 Å². The second-order valence-electron chi connectivity index (χ2n) is 13.6. The number of amides is 2. The number of sulfonamides is 1. The number of aromatic nitrogens is 3. The van der Waals surface area contributed by atoms with Gasteiger partial charge < -0.3 is 19.5 Å². The third-order valence-corrected chi connectivity index (χ3v) is 12.8. The molecule has 6 rings (SSSR count). The highest BCUT2D eigenvalue weighted by molar-refractivity contribution is 7.89. The van der Waals surface area contributed by atoms with Gasteiger partial charge in [0.1, 0.15) is 17.3 Å². The fraction of sp³-hybridized carbons (Fsp3) is 0.444. The number of halogens is 3. The number of carbonyl (C=O) groups is 2. The first-order chi connectivity index (χ1) is 24.0. The lowest BCUT2D eigenvalue weighted by atomic mass is 9.71. The molecule has 2 aromatic heterocycles. The van der Waals surface area contributed by atoms with Gasteiger partial charge in [0.15, 0.2) is 0 Å². The molecule has 51 heavy (non-hydrogen) atoms. The molecule has 1 unspecified atom stereocenters. The van der Waals surface area contributed by atoms with Crippen LogP contribution in [0.1, 0.15) is 82.0 Å². The lowest BCUT2D eigenvalue weighted by molar-refractivity contribution is -0.137. The van der Waals surface area contributed by atoms with Crippen LogP contribution in [0.4, 0.5) is 13.2 Å². The van der Waals surface area contributed by atoms with E-state index in [2.05, 4.69) is 15.0 Å². The number of aromatic amines is 1. The van der Waals surface area contributed by atoms with E-state index in [0.717, 1.165) is 37.8 Å². The van der Waals surface area contributed by atoms with Crippen LogP contribution in [0.5, 0.6) is 5.75 Å². The van der Waals surface area contributed by atoms with Gasteiger partial charge in [0.2, 0.25) is 10.0 Å². The van der Waals surface area contributed by atoms with Crippen molar-refractivity contribution < 1.29 is 35.9 Å².